The first-order valence-corrected chi connectivity index (χ1v) is 20.6. The molecule has 11 rings (SSSR count). The molecule has 0 bridgehead atoms. The fourth-order valence-corrected chi connectivity index (χ4v) is 9.37. The third kappa shape index (κ3) is 6.26. The molecule has 0 spiro atoms. The van der Waals surface area contributed by atoms with Gasteiger partial charge in [0.1, 0.15) is 0 Å². The predicted octanol–water partition coefficient (Wildman–Crippen LogP) is 16.3. The zero-order chi connectivity index (χ0) is 39.5. The van der Waals surface area contributed by atoms with Crippen molar-refractivity contribution in [2.75, 3.05) is 0 Å². The molecule has 0 aromatic heterocycles. The van der Waals surface area contributed by atoms with Crippen molar-refractivity contribution in [2.24, 2.45) is 0 Å². The molecule has 0 N–H and O–H groups in total. The van der Waals surface area contributed by atoms with Crippen LogP contribution in [-0.2, 0) is 5.41 Å². The quantitative estimate of drug-likeness (QED) is 0.149. The minimum absolute atomic E-state index is 0.156. The largest absolute Gasteiger partial charge is 0.0622 e. The summed E-state index contributed by atoms with van der Waals surface area (Å²) in [5.41, 5.74) is 20.0. The SMILES string of the molecule is CC1(C)c2cc(-c3cc(-c4ccccc4)cc(-c4ccccc4)c3)ccc2-c2cc3cc4ccc(-c5cc(-c6ccccc6)cc(-c6ccccc6)c5)cc4cc3cc21. The zero-order valence-corrected chi connectivity index (χ0v) is 33.3. The molecule has 1 aliphatic carbocycles. The van der Waals surface area contributed by atoms with Crippen LogP contribution < -0.4 is 0 Å². The van der Waals surface area contributed by atoms with Gasteiger partial charge in [-0.1, -0.05) is 159 Å². The molecule has 1 aliphatic rings. The molecule has 0 unspecified atom stereocenters. The van der Waals surface area contributed by atoms with Crippen LogP contribution in [0, 0.1) is 0 Å². The molecule has 10 aromatic rings. The van der Waals surface area contributed by atoms with Crippen molar-refractivity contribution in [1.82, 2.24) is 0 Å². The number of hydrogen-bond acceptors (Lipinski definition) is 0. The lowest BCUT2D eigenvalue weighted by molar-refractivity contribution is 0.661. The van der Waals surface area contributed by atoms with Crippen molar-refractivity contribution in [3.63, 3.8) is 0 Å². The van der Waals surface area contributed by atoms with E-state index in [-0.39, 0.29) is 5.41 Å². The zero-order valence-electron chi connectivity index (χ0n) is 33.3. The molecular weight excluding hydrogens is 709 g/mol. The maximum absolute atomic E-state index is 2.46. The van der Waals surface area contributed by atoms with Crippen LogP contribution in [0.3, 0.4) is 0 Å². The second-order valence-corrected chi connectivity index (χ2v) is 16.6. The molecule has 0 nitrogen and oxygen atoms in total. The lowest BCUT2D eigenvalue weighted by Gasteiger charge is -2.22. The van der Waals surface area contributed by atoms with Gasteiger partial charge in [-0.15, -0.1) is 0 Å². The van der Waals surface area contributed by atoms with Gasteiger partial charge >= 0.3 is 0 Å². The third-order valence-electron chi connectivity index (χ3n) is 12.5. The van der Waals surface area contributed by atoms with Crippen molar-refractivity contribution in [3.05, 3.63) is 230 Å². The van der Waals surface area contributed by atoms with Crippen LogP contribution in [0.2, 0.25) is 0 Å². The molecule has 0 radical (unpaired) electrons. The monoisotopic (exact) mass is 750 g/mol. The molecule has 0 heterocycles. The van der Waals surface area contributed by atoms with Gasteiger partial charge in [0.25, 0.3) is 0 Å². The third-order valence-corrected chi connectivity index (χ3v) is 12.5. The molecule has 10 aromatic carbocycles. The van der Waals surface area contributed by atoms with Gasteiger partial charge in [-0.2, -0.15) is 0 Å². The van der Waals surface area contributed by atoms with Gasteiger partial charge in [-0.25, -0.2) is 0 Å². The van der Waals surface area contributed by atoms with Crippen molar-refractivity contribution in [1.29, 1.82) is 0 Å². The van der Waals surface area contributed by atoms with Gasteiger partial charge in [-0.3, -0.25) is 0 Å². The van der Waals surface area contributed by atoms with Gasteiger partial charge in [0, 0.05) is 5.41 Å². The maximum Gasteiger partial charge on any atom is 0.0159 e. The minimum Gasteiger partial charge on any atom is -0.0622 e. The van der Waals surface area contributed by atoms with E-state index < -0.39 is 0 Å². The first-order valence-electron chi connectivity index (χ1n) is 20.6. The topological polar surface area (TPSA) is 0 Å². The van der Waals surface area contributed by atoms with Crippen molar-refractivity contribution >= 4 is 21.5 Å². The van der Waals surface area contributed by atoms with Crippen LogP contribution in [0.15, 0.2) is 218 Å². The van der Waals surface area contributed by atoms with Crippen LogP contribution in [0.4, 0.5) is 0 Å². The van der Waals surface area contributed by atoms with Crippen LogP contribution >= 0.6 is 0 Å². The number of benzene rings is 10. The Morgan fingerprint density at radius 1 is 0.220 bits per heavy atom. The van der Waals surface area contributed by atoms with E-state index in [1.54, 1.807) is 0 Å². The Hall–Kier alpha value is -7.28. The van der Waals surface area contributed by atoms with E-state index in [9.17, 15) is 0 Å². The van der Waals surface area contributed by atoms with E-state index in [1.807, 2.05) is 0 Å². The van der Waals surface area contributed by atoms with E-state index in [4.69, 9.17) is 0 Å². The highest BCUT2D eigenvalue weighted by Crippen LogP contribution is 2.51. The Bertz CT molecular complexity index is 3080. The van der Waals surface area contributed by atoms with E-state index in [1.165, 1.54) is 111 Å². The van der Waals surface area contributed by atoms with E-state index in [0.717, 1.165) is 0 Å². The molecule has 0 saturated carbocycles. The molecule has 0 fully saturated rings. The summed E-state index contributed by atoms with van der Waals surface area (Å²) in [5.74, 6) is 0. The number of hydrogen-bond donors (Lipinski definition) is 0. The van der Waals surface area contributed by atoms with Crippen molar-refractivity contribution in [2.45, 2.75) is 19.3 Å². The number of fused-ring (bicyclic) bond motifs is 5. The molecule has 0 saturated heterocycles. The Morgan fingerprint density at radius 3 is 1.05 bits per heavy atom. The molecule has 0 atom stereocenters. The summed E-state index contributed by atoms with van der Waals surface area (Å²) < 4.78 is 0. The minimum atomic E-state index is -0.156. The molecule has 0 aliphatic heterocycles. The standard InChI is InChI=1S/C59H42/c1-59(2)57-37-45(52-33-48(41-19-11-5-12-20-41)30-49(34-52)42-21-13-6-14-22-42)25-26-55(57)56-36-53-28-44-24-23-43(27-50(44)35-54(53)38-58(56)59)51-31-46(39-15-7-3-8-16-39)29-47(32-51)40-17-9-4-10-18-40/h3-38H,1-2H3. The fourth-order valence-electron chi connectivity index (χ4n) is 9.37. The highest BCUT2D eigenvalue weighted by atomic mass is 14.4. The average molecular weight is 751 g/mol. The van der Waals surface area contributed by atoms with Crippen LogP contribution in [-0.4, -0.2) is 0 Å². The van der Waals surface area contributed by atoms with E-state index in [2.05, 4.69) is 232 Å². The molecule has 0 amide bonds. The van der Waals surface area contributed by atoms with E-state index in [0.29, 0.717) is 0 Å². The summed E-state index contributed by atoms with van der Waals surface area (Å²) in [7, 11) is 0. The summed E-state index contributed by atoms with van der Waals surface area (Å²) >= 11 is 0. The molecule has 0 heteroatoms. The summed E-state index contributed by atoms with van der Waals surface area (Å²) in [4.78, 5) is 0. The second kappa shape index (κ2) is 14.0. The first kappa shape index (κ1) is 34.9. The summed E-state index contributed by atoms with van der Waals surface area (Å²) in [6.07, 6.45) is 0. The van der Waals surface area contributed by atoms with Crippen LogP contribution in [0.25, 0.3) is 99.4 Å². The van der Waals surface area contributed by atoms with Crippen molar-refractivity contribution < 1.29 is 0 Å². The lowest BCUT2D eigenvalue weighted by atomic mass is 9.81. The van der Waals surface area contributed by atoms with Gasteiger partial charge in [0.15, 0.2) is 0 Å². The number of rotatable bonds is 6. The molecule has 59 heavy (non-hydrogen) atoms. The van der Waals surface area contributed by atoms with Gasteiger partial charge in [0.05, 0.1) is 0 Å². The Balaban J connectivity index is 0.993. The van der Waals surface area contributed by atoms with Crippen molar-refractivity contribution in [3.8, 4) is 77.9 Å². The maximum atomic E-state index is 2.46. The Morgan fingerprint density at radius 2 is 0.576 bits per heavy atom. The second-order valence-electron chi connectivity index (χ2n) is 16.6. The summed E-state index contributed by atoms with van der Waals surface area (Å²) in [5, 5.41) is 5.06. The summed E-state index contributed by atoms with van der Waals surface area (Å²) in [6, 6.07) is 80.7. The average Bonchev–Trinajstić information content (AvgIpc) is 3.52. The van der Waals surface area contributed by atoms with Gasteiger partial charge in [0.2, 0.25) is 0 Å². The predicted molar refractivity (Wildman–Crippen MR) is 252 cm³/mol. The Labute approximate surface area is 346 Å². The van der Waals surface area contributed by atoms with Crippen LogP contribution in [0.5, 0.6) is 0 Å². The van der Waals surface area contributed by atoms with E-state index >= 15 is 0 Å². The van der Waals surface area contributed by atoms with Gasteiger partial charge in [-0.05, 0) is 183 Å². The fraction of sp³-hybridized carbons (Fsp3) is 0.0508. The van der Waals surface area contributed by atoms with Crippen LogP contribution in [0.1, 0.15) is 25.0 Å². The highest BCUT2D eigenvalue weighted by Gasteiger charge is 2.36. The normalized spacial score (nSPS) is 12.7. The first-order chi connectivity index (χ1) is 28.9. The summed E-state index contributed by atoms with van der Waals surface area (Å²) in [6.45, 7) is 4.79. The van der Waals surface area contributed by atoms with Gasteiger partial charge < -0.3 is 0 Å². The lowest BCUT2D eigenvalue weighted by Crippen LogP contribution is -2.15. The molecule has 278 valence electrons. The Kier molecular flexibility index (Phi) is 8.27. The molecular formula is C59H42. The highest BCUT2D eigenvalue weighted by molar-refractivity contribution is 6.03. The smallest absolute Gasteiger partial charge is 0.0159 e.